The number of nitrogen functional groups attached to an aromatic ring is 1. The lowest BCUT2D eigenvalue weighted by Gasteiger charge is -2.16. The molecule has 2 rings (SSSR count). The van der Waals surface area contributed by atoms with Crippen molar-refractivity contribution in [1.82, 2.24) is 19.6 Å². The van der Waals surface area contributed by atoms with Gasteiger partial charge in [0.05, 0.1) is 29.7 Å². The largest absolute Gasteiger partial charge is 0.380 e. The second-order valence-corrected chi connectivity index (χ2v) is 5.20. The van der Waals surface area contributed by atoms with Crippen LogP contribution in [0.1, 0.15) is 5.82 Å². The second-order valence-electron chi connectivity index (χ2n) is 4.39. The number of imidazole rings is 1. The molecule has 74 valence electrons. The SMILES string of the molecule is BC(B)(B)c1nc(N)c2ncc(Br)n2n1. The normalized spacial score (nSPS) is 12.1. The summed E-state index contributed by atoms with van der Waals surface area (Å²) in [7, 11) is 6.12. The Labute approximate surface area is 98.2 Å². The fraction of sp³-hybridized carbons (Fsp3) is 0.167. The summed E-state index contributed by atoms with van der Waals surface area (Å²) in [5.74, 6) is 1.10. The van der Waals surface area contributed by atoms with Crippen LogP contribution >= 0.6 is 15.9 Å². The molecular formula is C6H9B3BrN5. The van der Waals surface area contributed by atoms with Crippen LogP contribution in [0.3, 0.4) is 0 Å². The predicted molar refractivity (Wildman–Crippen MR) is 70.2 cm³/mol. The summed E-state index contributed by atoms with van der Waals surface area (Å²) >= 11 is 3.36. The molecule has 0 spiro atoms. The van der Waals surface area contributed by atoms with E-state index in [9.17, 15) is 0 Å². The molecule has 0 saturated heterocycles. The summed E-state index contributed by atoms with van der Waals surface area (Å²) in [6.45, 7) is 0. The van der Waals surface area contributed by atoms with Crippen LogP contribution in [0.2, 0.25) is 0 Å². The number of hydrogen-bond donors (Lipinski definition) is 1. The lowest BCUT2D eigenvalue weighted by atomic mass is 9.42. The molecule has 9 heteroatoms. The Morgan fingerprint density at radius 2 is 2.07 bits per heavy atom. The van der Waals surface area contributed by atoms with Crippen molar-refractivity contribution in [2.24, 2.45) is 0 Å². The summed E-state index contributed by atoms with van der Waals surface area (Å²) in [6, 6.07) is 0. The molecule has 2 heterocycles. The summed E-state index contributed by atoms with van der Waals surface area (Å²) in [5.41, 5.74) is 6.39. The van der Waals surface area contributed by atoms with Gasteiger partial charge in [-0.1, -0.05) is 5.11 Å². The van der Waals surface area contributed by atoms with Gasteiger partial charge in [0.15, 0.2) is 11.5 Å². The van der Waals surface area contributed by atoms with Gasteiger partial charge in [0.2, 0.25) is 0 Å². The van der Waals surface area contributed by atoms with E-state index in [4.69, 9.17) is 5.73 Å². The van der Waals surface area contributed by atoms with Gasteiger partial charge in [0, 0.05) is 0 Å². The zero-order valence-corrected chi connectivity index (χ0v) is 10.4. The molecule has 0 aliphatic rings. The first kappa shape index (κ1) is 10.5. The molecule has 0 radical (unpaired) electrons. The second kappa shape index (κ2) is 3.26. The topological polar surface area (TPSA) is 69.1 Å². The highest BCUT2D eigenvalue weighted by Crippen LogP contribution is 2.17. The number of aromatic nitrogens is 4. The summed E-state index contributed by atoms with van der Waals surface area (Å²) in [4.78, 5) is 8.36. The van der Waals surface area contributed by atoms with Crippen LogP contribution in [-0.2, 0) is 5.11 Å². The van der Waals surface area contributed by atoms with Crippen LogP contribution in [0.25, 0.3) is 5.65 Å². The van der Waals surface area contributed by atoms with Gasteiger partial charge in [-0.15, -0.1) is 0 Å². The van der Waals surface area contributed by atoms with E-state index < -0.39 is 0 Å². The van der Waals surface area contributed by atoms with Crippen LogP contribution in [0.15, 0.2) is 10.8 Å². The van der Waals surface area contributed by atoms with Gasteiger partial charge >= 0.3 is 0 Å². The van der Waals surface area contributed by atoms with Crippen molar-refractivity contribution < 1.29 is 0 Å². The molecule has 5 nitrogen and oxygen atoms in total. The monoisotopic (exact) mass is 263 g/mol. The van der Waals surface area contributed by atoms with Gasteiger partial charge < -0.3 is 5.73 Å². The fourth-order valence-electron chi connectivity index (χ4n) is 1.19. The van der Waals surface area contributed by atoms with E-state index in [1.807, 2.05) is 23.5 Å². The molecule has 15 heavy (non-hydrogen) atoms. The van der Waals surface area contributed by atoms with Gasteiger partial charge in [0.25, 0.3) is 0 Å². The maximum absolute atomic E-state index is 5.81. The minimum absolute atomic E-state index is 0.133. The standard InChI is InChI=1S/C6H9B3BrN5/c7-6(8,9)5-13-3(11)4-12-1-2(10)15(4)14-5/h1H,7-9H2,(H2,11,13,14). The third-order valence-electron chi connectivity index (χ3n) is 2.02. The van der Waals surface area contributed by atoms with Gasteiger partial charge in [0.1, 0.15) is 10.4 Å². The molecule has 0 bridgehead atoms. The fourth-order valence-corrected chi connectivity index (χ4v) is 1.54. The number of halogens is 1. The molecule has 0 fully saturated rings. The first-order valence-electron chi connectivity index (χ1n) is 4.57. The average Bonchev–Trinajstić information content (AvgIpc) is 2.47. The van der Waals surface area contributed by atoms with Crippen molar-refractivity contribution in [3.05, 3.63) is 16.6 Å². The maximum atomic E-state index is 5.81. The number of nitrogens with zero attached hydrogens (tertiary/aromatic N) is 4. The van der Waals surface area contributed by atoms with Crippen LogP contribution in [0.4, 0.5) is 5.82 Å². The minimum Gasteiger partial charge on any atom is -0.380 e. The molecule has 2 aromatic rings. The van der Waals surface area contributed by atoms with Gasteiger partial charge in [-0.3, -0.25) is 0 Å². The third kappa shape index (κ3) is 1.76. The molecule has 0 saturated carbocycles. The Bertz CT molecular complexity index is 519. The lowest BCUT2D eigenvalue weighted by molar-refractivity contribution is 0.811. The molecule has 2 aromatic heterocycles. The Hall–Kier alpha value is -0.975. The Morgan fingerprint density at radius 3 is 2.67 bits per heavy atom. The van der Waals surface area contributed by atoms with Crippen LogP contribution in [0, 0.1) is 0 Å². The van der Waals surface area contributed by atoms with Crippen LogP contribution in [0.5, 0.6) is 0 Å². The lowest BCUT2D eigenvalue weighted by Crippen LogP contribution is -2.31. The minimum atomic E-state index is -0.133. The third-order valence-corrected chi connectivity index (χ3v) is 2.56. The molecule has 0 atom stereocenters. The van der Waals surface area contributed by atoms with Gasteiger partial charge in [-0.25, -0.2) is 14.5 Å². The molecule has 0 amide bonds. The number of anilines is 1. The van der Waals surface area contributed by atoms with Crippen molar-refractivity contribution in [3.63, 3.8) is 0 Å². The van der Waals surface area contributed by atoms with Crippen LogP contribution in [-0.4, -0.2) is 43.1 Å². The molecule has 0 aliphatic heterocycles. The zero-order chi connectivity index (χ0) is 11.2. The van der Waals surface area contributed by atoms with Gasteiger partial charge in [-0.2, -0.15) is 5.10 Å². The number of hydrogen-bond acceptors (Lipinski definition) is 4. The Kier molecular flexibility index (Phi) is 2.29. The van der Waals surface area contributed by atoms with Gasteiger partial charge in [-0.05, 0) is 15.9 Å². The Morgan fingerprint density at radius 1 is 1.40 bits per heavy atom. The zero-order valence-electron chi connectivity index (χ0n) is 8.82. The van der Waals surface area contributed by atoms with Crippen molar-refractivity contribution in [3.8, 4) is 0 Å². The van der Waals surface area contributed by atoms with E-state index in [0.29, 0.717) is 17.3 Å². The first-order valence-corrected chi connectivity index (χ1v) is 5.36. The molecule has 2 N–H and O–H groups in total. The summed E-state index contributed by atoms with van der Waals surface area (Å²) in [5, 5.41) is 4.25. The molecule has 0 unspecified atom stereocenters. The van der Waals surface area contributed by atoms with E-state index in [2.05, 4.69) is 31.0 Å². The molecular weight excluding hydrogens is 254 g/mol. The maximum Gasteiger partial charge on any atom is 0.197 e. The van der Waals surface area contributed by atoms with Crippen molar-refractivity contribution >= 4 is 50.9 Å². The van der Waals surface area contributed by atoms with E-state index in [0.717, 1.165) is 4.60 Å². The smallest absolute Gasteiger partial charge is 0.197 e. The highest BCUT2D eigenvalue weighted by Gasteiger charge is 2.20. The van der Waals surface area contributed by atoms with E-state index in [1.165, 1.54) is 0 Å². The summed E-state index contributed by atoms with van der Waals surface area (Å²) in [6.07, 6.45) is 1.66. The van der Waals surface area contributed by atoms with Crippen molar-refractivity contribution in [2.75, 3.05) is 5.73 Å². The van der Waals surface area contributed by atoms with E-state index in [-0.39, 0.29) is 5.11 Å². The van der Waals surface area contributed by atoms with Crippen LogP contribution < -0.4 is 5.73 Å². The highest BCUT2D eigenvalue weighted by atomic mass is 79.9. The number of nitrogens with two attached hydrogens (primary N) is 1. The number of fused-ring (bicyclic) bond motifs is 1. The summed E-state index contributed by atoms with van der Waals surface area (Å²) < 4.78 is 2.43. The van der Waals surface area contributed by atoms with Crippen molar-refractivity contribution in [1.29, 1.82) is 0 Å². The molecule has 0 aromatic carbocycles. The Balaban J connectivity index is 2.76. The van der Waals surface area contributed by atoms with Crippen molar-refractivity contribution in [2.45, 2.75) is 5.11 Å². The number of rotatable bonds is 1. The molecule has 0 aliphatic carbocycles. The first-order chi connectivity index (χ1) is 6.89. The average molecular weight is 264 g/mol. The van der Waals surface area contributed by atoms with E-state index >= 15 is 0 Å². The highest BCUT2D eigenvalue weighted by molar-refractivity contribution is 9.10. The predicted octanol–water partition coefficient (Wildman–Crippen LogP) is -2.52. The van der Waals surface area contributed by atoms with E-state index in [1.54, 1.807) is 10.7 Å². The quantitative estimate of drug-likeness (QED) is 0.577.